The number of alkyl halides is 3. The number of methoxy groups -OCH3 is 1. The first-order valence-electron chi connectivity index (χ1n) is 6.29. The summed E-state index contributed by atoms with van der Waals surface area (Å²) in [6.07, 6.45) is -4.33. The average Bonchev–Trinajstić information content (AvgIpc) is 2.43. The molecular formula is C13H19F3N4O. The fourth-order valence-electron chi connectivity index (χ4n) is 1.63. The van der Waals surface area contributed by atoms with Crippen molar-refractivity contribution in [1.29, 1.82) is 0 Å². The van der Waals surface area contributed by atoms with Gasteiger partial charge in [0.05, 0.1) is 18.7 Å². The van der Waals surface area contributed by atoms with Crippen LogP contribution in [0.1, 0.15) is 18.1 Å². The quantitative estimate of drug-likeness (QED) is 0.335. The monoisotopic (exact) mass is 304 g/mol. The van der Waals surface area contributed by atoms with E-state index in [1.54, 1.807) is 7.11 Å². The van der Waals surface area contributed by atoms with Crippen LogP contribution in [0.25, 0.3) is 0 Å². The molecule has 1 unspecified atom stereocenters. The van der Waals surface area contributed by atoms with Crippen molar-refractivity contribution < 1.29 is 17.9 Å². The van der Waals surface area contributed by atoms with E-state index in [0.29, 0.717) is 18.1 Å². The van der Waals surface area contributed by atoms with Crippen molar-refractivity contribution in [2.24, 2.45) is 10.8 Å². The molecule has 4 N–H and O–H groups in total. The number of aliphatic imine (C=N–C) groups is 1. The van der Waals surface area contributed by atoms with E-state index in [9.17, 15) is 13.2 Å². The zero-order valence-corrected chi connectivity index (χ0v) is 11.9. The van der Waals surface area contributed by atoms with Crippen LogP contribution >= 0.6 is 0 Å². The molecule has 0 saturated heterocycles. The first-order valence-corrected chi connectivity index (χ1v) is 6.29. The standard InChI is InChI=1S/C13H19F3N4O/c1-9(8-21-2)19-12(20-17)18-7-10-3-5-11(6-4-10)13(14,15)16/h3-6,9H,7-8,17H2,1-2H3,(H2,18,19,20). The van der Waals surface area contributed by atoms with Crippen LogP contribution in [0.4, 0.5) is 13.2 Å². The second kappa shape index (κ2) is 7.84. The Hall–Kier alpha value is -1.80. The zero-order valence-electron chi connectivity index (χ0n) is 11.9. The van der Waals surface area contributed by atoms with Gasteiger partial charge in [0.15, 0.2) is 0 Å². The lowest BCUT2D eigenvalue weighted by Crippen LogP contribution is -2.46. The highest BCUT2D eigenvalue weighted by Gasteiger charge is 2.29. The second-order valence-corrected chi connectivity index (χ2v) is 4.50. The van der Waals surface area contributed by atoms with Crippen LogP contribution in [-0.2, 0) is 17.5 Å². The Morgan fingerprint density at radius 1 is 1.33 bits per heavy atom. The van der Waals surface area contributed by atoms with Gasteiger partial charge < -0.3 is 10.1 Å². The predicted molar refractivity (Wildman–Crippen MR) is 74.4 cm³/mol. The van der Waals surface area contributed by atoms with E-state index in [2.05, 4.69) is 15.7 Å². The molecule has 0 aliphatic rings. The molecule has 118 valence electrons. The van der Waals surface area contributed by atoms with Crippen LogP contribution in [0.15, 0.2) is 29.3 Å². The average molecular weight is 304 g/mol. The number of rotatable bonds is 5. The second-order valence-electron chi connectivity index (χ2n) is 4.50. The number of hydrazine groups is 1. The maximum absolute atomic E-state index is 12.4. The molecule has 0 spiro atoms. The van der Waals surface area contributed by atoms with Crippen LogP contribution in [0.2, 0.25) is 0 Å². The molecule has 0 heterocycles. The molecule has 0 saturated carbocycles. The van der Waals surface area contributed by atoms with E-state index in [-0.39, 0.29) is 12.6 Å². The molecule has 0 aromatic heterocycles. The summed E-state index contributed by atoms with van der Waals surface area (Å²) < 4.78 is 42.2. The van der Waals surface area contributed by atoms with Crippen LogP contribution < -0.4 is 16.6 Å². The molecule has 0 bridgehead atoms. The fraction of sp³-hybridized carbons (Fsp3) is 0.462. The van der Waals surface area contributed by atoms with Gasteiger partial charge in [0.25, 0.3) is 0 Å². The van der Waals surface area contributed by atoms with Crippen LogP contribution in [-0.4, -0.2) is 25.7 Å². The number of halogens is 3. The lowest BCUT2D eigenvalue weighted by atomic mass is 10.1. The Kier molecular flexibility index (Phi) is 6.44. The van der Waals surface area contributed by atoms with Crippen molar-refractivity contribution in [1.82, 2.24) is 10.7 Å². The van der Waals surface area contributed by atoms with Crippen molar-refractivity contribution >= 4 is 5.96 Å². The maximum Gasteiger partial charge on any atom is 0.416 e. The highest BCUT2D eigenvalue weighted by atomic mass is 19.4. The van der Waals surface area contributed by atoms with E-state index in [0.717, 1.165) is 12.1 Å². The molecule has 1 aromatic rings. The number of hydrogen-bond acceptors (Lipinski definition) is 3. The summed E-state index contributed by atoms with van der Waals surface area (Å²) in [6, 6.07) is 4.83. The van der Waals surface area contributed by atoms with Crippen molar-refractivity contribution in [3.8, 4) is 0 Å². The Bertz CT molecular complexity index is 459. The van der Waals surface area contributed by atoms with Crippen molar-refractivity contribution in [2.45, 2.75) is 25.7 Å². The van der Waals surface area contributed by atoms with E-state index in [1.165, 1.54) is 12.1 Å². The normalized spacial score (nSPS) is 13.9. The summed E-state index contributed by atoms with van der Waals surface area (Å²) in [6.45, 7) is 2.57. The maximum atomic E-state index is 12.4. The van der Waals surface area contributed by atoms with Gasteiger partial charge in [0.1, 0.15) is 0 Å². The number of guanidine groups is 1. The first-order chi connectivity index (χ1) is 9.86. The van der Waals surface area contributed by atoms with Gasteiger partial charge in [0, 0.05) is 13.2 Å². The van der Waals surface area contributed by atoms with Gasteiger partial charge >= 0.3 is 6.18 Å². The predicted octanol–water partition coefficient (Wildman–Crippen LogP) is 1.65. The van der Waals surface area contributed by atoms with Crippen LogP contribution in [0, 0.1) is 0 Å². The fourth-order valence-corrected chi connectivity index (χ4v) is 1.63. The minimum atomic E-state index is -4.33. The molecule has 0 amide bonds. The van der Waals surface area contributed by atoms with Crippen molar-refractivity contribution in [3.05, 3.63) is 35.4 Å². The summed E-state index contributed by atoms with van der Waals surface area (Å²) >= 11 is 0. The molecule has 8 heteroatoms. The summed E-state index contributed by atoms with van der Waals surface area (Å²) in [4.78, 5) is 4.16. The smallest absolute Gasteiger partial charge is 0.383 e. The largest absolute Gasteiger partial charge is 0.416 e. The van der Waals surface area contributed by atoms with E-state index in [4.69, 9.17) is 10.6 Å². The minimum Gasteiger partial charge on any atom is -0.383 e. The third-order valence-corrected chi connectivity index (χ3v) is 2.64. The van der Waals surface area contributed by atoms with Gasteiger partial charge in [-0.3, -0.25) is 5.43 Å². The lowest BCUT2D eigenvalue weighted by Gasteiger charge is -2.15. The Balaban J connectivity index is 2.65. The Morgan fingerprint density at radius 2 is 1.95 bits per heavy atom. The van der Waals surface area contributed by atoms with E-state index in [1.807, 2.05) is 6.92 Å². The van der Waals surface area contributed by atoms with Gasteiger partial charge in [-0.25, -0.2) is 10.8 Å². The third-order valence-electron chi connectivity index (χ3n) is 2.64. The van der Waals surface area contributed by atoms with Gasteiger partial charge in [-0.15, -0.1) is 0 Å². The molecule has 21 heavy (non-hydrogen) atoms. The van der Waals surface area contributed by atoms with Gasteiger partial charge in [-0.1, -0.05) is 12.1 Å². The Morgan fingerprint density at radius 3 is 2.43 bits per heavy atom. The van der Waals surface area contributed by atoms with Crippen LogP contribution in [0.5, 0.6) is 0 Å². The summed E-state index contributed by atoms with van der Waals surface area (Å²) in [5.74, 6) is 5.68. The molecule has 1 aromatic carbocycles. The van der Waals surface area contributed by atoms with Crippen LogP contribution in [0.3, 0.4) is 0 Å². The van der Waals surface area contributed by atoms with Gasteiger partial charge in [-0.05, 0) is 24.6 Å². The Labute approximate surface area is 121 Å². The molecule has 5 nitrogen and oxygen atoms in total. The zero-order chi connectivity index (χ0) is 15.9. The summed E-state index contributed by atoms with van der Waals surface area (Å²) in [5, 5.41) is 2.98. The minimum absolute atomic E-state index is 0.00240. The molecule has 0 aliphatic heterocycles. The SMILES string of the molecule is COCC(C)NC(=NCc1ccc(C(F)(F)F)cc1)NN. The highest BCUT2D eigenvalue weighted by molar-refractivity contribution is 5.79. The summed E-state index contributed by atoms with van der Waals surface area (Å²) in [7, 11) is 1.58. The van der Waals surface area contributed by atoms with Gasteiger partial charge in [-0.2, -0.15) is 13.2 Å². The molecule has 0 fully saturated rings. The topological polar surface area (TPSA) is 71.7 Å². The highest BCUT2D eigenvalue weighted by Crippen LogP contribution is 2.29. The number of ether oxygens (including phenoxy) is 1. The first kappa shape index (κ1) is 17.3. The number of hydrogen-bond donors (Lipinski definition) is 3. The number of nitrogens with two attached hydrogens (primary N) is 1. The molecular weight excluding hydrogens is 285 g/mol. The van der Waals surface area contributed by atoms with Crippen molar-refractivity contribution in [3.63, 3.8) is 0 Å². The molecule has 1 atom stereocenters. The van der Waals surface area contributed by atoms with Gasteiger partial charge in [0.2, 0.25) is 5.96 Å². The van der Waals surface area contributed by atoms with E-state index < -0.39 is 11.7 Å². The molecule has 0 aliphatic carbocycles. The molecule has 0 radical (unpaired) electrons. The number of nitrogens with one attached hydrogen (secondary N) is 2. The molecule has 1 rings (SSSR count). The summed E-state index contributed by atoms with van der Waals surface area (Å²) in [5.41, 5.74) is 2.37. The third kappa shape index (κ3) is 6.01. The number of nitrogens with zero attached hydrogens (tertiary/aromatic N) is 1. The van der Waals surface area contributed by atoms with E-state index >= 15 is 0 Å². The van der Waals surface area contributed by atoms with Crippen molar-refractivity contribution in [2.75, 3.05) is 13.7 Å². The lowest BCUT2D eigenvalue weighted by molar-refractivity contribution is -0.137. The number of benzene rings is 1.